The fourth-order valence-corrected chi connectivity index (χ4v) is 1.59. The molecule has 0 aliphatic rings. The van der Waals surface area contributed by atoms with E-state index in [0.29, 0.717) is 17.1 Å². The first-order chi connectivity index (χ1) is 8.95. The second-order valence-corrected chi connectivity index (χ2v) is 3.94. The van der Waals surface area contributed by atoms with E-state index in [1.54, 1.807) is 19.9 Å². The highest BCUT2D eigenvalue weighted by Crippen LogP contribution is 2.14. The van der Waals surface area contributed by atoms with Crippen LogP contribution < -0.4 is 5.32 Å². The van der Waals surface area contributed by atoms with Crippen LogP contribution in [0.4, 0.5) is 5.95 Å². The standard InChI is InChI=1S/C11H12N4O4/c1-6-3-8(7(2)19-6)10(18)13-11-12-5-15(14-11)4-9(16)17/h3,5H,4H2,1-2H3,(H,16,17)(H,13,14,18). The average Bonchev–Trinajstić information content (AvgIpc) is 2.84. The molecule has 2 N–H and O–H groups in total. The number of furan rings is 1. The number of carbonyl (C=O) groups excluding carboxylic acids is 1. The van der Waals surface area contributed by atoms with Crippen LogP contribution in [0, 0.1) is 13.8 Å². The SMILES string of the molecule is Cc1cc(C(=O)Nc2ncn(CC(=O)O)n2)c(C)o1. The molecule has 2 heterocycles. The zero-order chi connectivity index (χ0) is 14.0. The molecule has 0 saturated heterocycles. The van der Waals surface area contributed by atoms with E-state index < -0.39 is 11.9 Å². The van der Waals surface area contributed by atoms with E-state index >= 15 is 0 Å². The smallest absolute Gasteiger partial charge is 0.325 e. The molecule has 0 spiro atoms. The summed E-state index contributed by atoms with van der Waals surface area (Å²) >= 11 is 0. The Balaban J connectivity index is 2.09. The van der Waals surface area contributed by atoms with E-state index in [0.717, 1.165) is 4.68 Å². The van der Waals surface area contributed by atoms with Crippen LogP contribution >= 0.6 is 0 Å². The van der Waals surface area contributed by atoms with Crippen molar-refractivity contribution in [3.05, 3.63) is 29.5 Å². The van der Waals surface area contributed by atoms with Crippen LogP contribution in [0.25, 0.3) is 0 Å². The first-order valence-corrected chi connectivity index (χ1v) is 5.45. The van der Waals surface area contributed by atoms with E-state index in [1.807, 2.05) is 0 Å². The van der Waals surface area contributed by atoms with Gasteiger partial charge in [0.25, 0.3) is 5.91 Å². The Kier molecular flexibility index (Phi) is 3.32. The third kappa shape index (κ3) is 2.97. The van der Waals surface area contributed by atoms with Gasteiger partial charge in [0, 0.05) is 0 Å². The summed E-state index contributed by atoms with van der Waals surface area (Å²) in [4.78, 5) is 26.2. The van der Waals surface area contributed by atoms with Crippen LogP contribution in [0.1, 0.15) is 21.9 Å². The number of carbonyl (C=O) groups is 2. The maximum absolute atomic E-state index is 11.9. The number of nitrogens with zero attached hydrogens (tertiary/aromatic N) is 3. The summed E-state index contributed by atoms with van der Waals surface area (Å²) in [6.07, 6.45) is 1.23. The lowest BCUT2D eigenvalue weighted by atomic mass is 10.2. The summed E-state index contributed by atoms with van der Waals surface area (Å²) in [6, 6.07) is 1.61. The Hall–Kier alpha value is -2.64. The van der Waals surface area contributed by atoms with Gasteiger partial charge >= 0.3 is 5.97 Å². The van der Waals surface area contributed by atoms with Crippen molar-refractivity contribution in [2.75, 3.05) is 5.32 Å². The molecule has 0 unspecified atom stereocenters. The summed E-state index contributed by atoms with van der Waals surface area (Å²) < 4.78 is 6.36. The normalized spacial score (nSPS) is 10.4. The molecule has 2 aromatic heterocycles. The Morgan fingerprint density at radius 3 is 2.79 bits per heavy atom. The number of aliphatic carboxylic acids is 1. The van der Waals surface area contributed by atoms with Gasteiger partial charge in [0.15, 0.2) is 0 Å². The number of carboxylic acid groups (broad SMARTS) is 1. The molecular formula is C11H12N4O4. The van der Waals surface area contributed by atoms with Gasteiger partial charge in [-0.3, -0.25) is 14.9 Å². The Labute approximate surface area is 108 Å². The van der Waals surface area contributed by atoms with Gasteiger partial charge in [0.1, 0.15) is 24.4 Å². The number of rotatable bonds is 4. The molecule has 19 heavy (non-hydrogen) atoms. The summed E-state index contributed by atoms with van der Waals surface area (Å²) in [5.74, 6) is -0.261. The summed E-state index contributed by atoms with van der Waals surface area (Å²) in [7, 11) is 0. The summed E-state index contributed by atoms with van der Waals surface area (Å²) in [5.41, 5.74) is 0.395. The topological polar surface area (TPSA) is 110 Å². The molecule has 0 fully saturated rings. The zero-order valence-corrected chi connectivity index (χ0v) is 10.4. The van der Waals surface area contributed by atoms with Crippen LogP contribution in [0.2, 0.25) is 0 Å². The number of hydrogen-bond donors (Lipinski definition) is 2. The molecule has 8 heteroatoms. The van der Waals surface area contributed by atoms with Crippen LogP contribution in [0.3, 0.4) is 0 Å². The molecule has 100 valence electrons. The van der Waals surface area contributed by atoms with Crippen molar-refractivity contribution >= 4 is 17.8 Å². The zero-order valence-electron chi connectivity index (χ0n) is 10.4. The lowest BCUT2D eigenvalue weighted by molar-refractivity contribution is -0.137. The fraction of sp³-hybridized carbons (Fsp3) is 0.273. The quantitative estimate of drug-likeness (QED) is 0.846. The van der Waals surface area contributed by atoms with Crippen molar-refractivity contribution in [1.82, 2.24) is 14.8 Å². The molecule has 0 saturated carbocycles. The third-order valence-electron chi connectivity index (χ3n) is 2.34. The predicted octanol–water partition coefficient (Wildman–Crippen LogP) is 0.825. The number of amides is 1. The van der Waals surface area contributed by atoms with Crippen LogP contribution in [-0.2, 0) is 11.3 Å². The molecule has 0 aliphatic heterocycles. The van der Waals surface area contributed by atoms with E-state index in [2.05, 4.69) is 15.4 Å². The van der Waals surface area contributed by atoms with Crippen molar-refractivity contribution in [2.24, 2.45) is 0 Å². The van der Waals surface area contributed by atoms with E-state index in [4.69, 9.17) is 9.52 Å². The number of aryl methyl sites for hydroxylation is 2. The molecule has 0 aromatic carbocycles. The lowest BCUT2D eigenvalue weighted by Crippen LogP contribution is -2.14. The first kappa shape index (κ1) is 12.8. The highest BCUT2D eigenvalue weighted by molar-refractivity contribution is 6.04. The van der Waals surface area contributed by atoms with Crippen LogP contribution in [0.5, 0.6) is 0 Å². The number of nitrogens with one attached hydrogen (secondary N) is 1. The molecule has 0 radical (unpaired) electrons. The largest absolute Gasteiger partial charge is 0.480 e. The number of anilines is 1. The lowest BCUT2D eigenvalue weighted by Gasteiger charge is -1.98. The highest BCUT2D eigenvalue weighted by atomic mass is 16.4. The van der Waals surface area contributed by atoms with Crippen molar-refractivity contribution in [2.45, 2.75) is 20.4 Å². The van der Waals surface area contributed by atoms with E-state index in [-0.39, 0.29) is 12.5 Å². The van der Waals surface area contributed by atoms with Crippen molar-refractivity contribution < 1.29 is 19.1 Å². The third-order valence-corrected chi connectivity index (χ3v) is 2.34. The fourth-order valence-electron chi connectivity index (χ4n) is 1.59. The molecule has 2 aromatic rings. The van der Waals surface area contributed by atoms with E-state index in [1.165, 1.54) is 6.33 Å². The van der Waals surface area contributed by atoms with Crippen molar-refractivity contribution in [3.8, 4) is 0 Å². The van der Waals surface area contributed by atoms with Crippen molar-refractivity contribution in [3.63, 3.8) is 0 Å². The monoisotopic (exact) mass is 264 g/mol. The minimum Gasteiger partial charge on any atom is -0.480 e. The van der Waals surface area contributed by atoms with Crippen LogP contribution in [-0.4, -0.2) is 31.7 Å². The Morgan fingerprint density at radius 2 is 2.21 bits per heavy atom. The van der Waals surface area contributed by atoms with Gasteiger partial charge < -0.3 is 9.52 Å². The number of aromatic nitrogens is 3. The molecular weight excluding hydrogens is 252 g/mol. The average molecular weight is 264 g/mol. The summed E-state index contributed by atoms with van der Waals surface area (Å²) in [6.45, 7) is 3.11. The summed E-state index contributed by atoms with van der Waals surface area (Å²) in [5, 5.41) is 14.9. The van der Waals surface area contributed by atoms with Crippen LogP contribution in [0.15, 0.2) is 16.8 Å². The van der Waals surface area contributed by atoms with Gasteiger partial charge in [-0.05, 0) is 19.9 Å². The predicted molar refractivity (Wildman–Crippen MR) is 63.8 cm³/mol. The van der Waals surface area contributed by atoms with Gasteiger partial charge in [-0.2, -0.15) is 0 Å². The molecule has 0 atom stereocenters. The second kappa shape index (κ2) is 4.92. The van der Waals surface area contributed by atoms with Gasteiger partial charge in [0.2, 0.25) is 5.95 Å². The second-order valence-electron chi connectivity index (χ2n) is 3.94. The van der Waals surface area contributed by atoms with E-state index in [9.17, 15) is 9.59 Å². The first-order valence-electron chi connectivity index (χ1n) is 5.45. The van der Waals surface area contributed by atoms with Crippen molar-refractivity contribution in [1.29, 1.82) is 0 Å². The molecule has 2 rings (SSSR count). The minimum absolute atomic E-state index is 0.0458. The molecule has 1 amide bonds. The number of hydrogen-bond acceptors (Lipinski definition) is 5. The molecule has 0 aliphatic carbocycles. The van der Waals surface area contributed by atoms with Gasteiger partial charge in [-0.15, -0.1) is 5.10 Å². The van der Waals surface area contributed by atoms with Gasteiger partial charge in [0.05, 0.1) is 5.56 Å². The molecule has 0 bridgehead atoms. The highest BCUT2D eigenvalue weighted by Gasteiger charge is 2.15. The van der Waals surface area contributed by atoms with Gasteiger partial charge in [-0.1, -0.05) is 0 Å². The Bertz CT molecular complexity index is 628. The minimum atomic E-state index is -1.04. The maximum atomic E-state index is 11.9. The maximum Gasteiger partial charge on any atom is 0.325 e. The molecule has 8 nitrogen and oxygen atoms in total. The van der Waals surface area contributed by atoms with Gasteiger partial charge in [-0.25, -0.2) is 9.67 Å². The number of carboxylic acids is 1. The Morgan fingerprint density at radius 1 is 1.47 bits per heavy atom.